The summed E-state index contributed by atoms with van der Waals surface area (Å²) in [6, 6.07) is 0. The van der Waals surface area contributed by atoms with Crippen LogP contribution in [0.5, 0.6) is 0 Å². The van der Waals surface area contributed by atoms with Gasteiger partial charge in [0, 0.05) is 6.54 Å². The minimum atomic E-state index is -0.154. The monoisotopic (exact) mass is 201 g/mol. The Morgan fingerprint density at radius 1 is 1.00 bits per heavy atom. The van der Waals surface area contributed by atoms with Crippen LogP contribution < -0.4 is 5.32 Å². The molecule has 0 heterocycles. The fourth-order valence-electron chi connectivity index (χ4n) is 1.75. The molecule has 0 spiro atoms. The average molecular weight is 201 g/mol. The smallest absolute Gasteiger partial charge is 0.0664 e. The Hall–Kier alpha value is -0.0800. The first-order valence-corrected chi connectivity index (χ1v) is 6.13. The highest BCUT2D eigenvalue weighted by Crippen LogP contribution is 2.08. The lowest BCUT2D eigenvalue weighted by Crippen LogP contribution is -2.30. The first kappa shape index (κ1) is 13.9. The van der Waals surface area contributed by atoms with Gasteiger partial charge in [0.05, 0.1) is 6.10 Å². The van der Waals surface area contributed by atoms with Crippen LogP contribution in [-0.2, 0) is 0 Å². The van der Waals surface area contributed by atoms with E-state index >= 15 is 0 Å². The van der Waals surface area contributed by atoms with Crippen LogP contribution >= 0.6 is 0 Å². The second-order valence-electron chi connectivity index (χ2n) is 4.16. The Morgan fingerprint density at radius 3 is 2.14 bits per heavy atom. The van der Waals surface area contributed by atoms with Crippen molar-refractivity contribution in [3.05, 3.63) is 0 Å². The zero-order valence-corrected chi connectivity index (χ0v) is 10.1. The SMILES string of the molecule is CCCC(O)CNCC(CC)CCC. The number of rotatable bonds is 9. The molecular formula is C12H27NO. The van der Waals surface area contributed by atoms with Crippen molar-refractivity contribution < 1.29 is 5.11 Å². The van der Waals surface area contributed by atoms with Gasteiger partial charge in [-0.05, 0) is 25.3 Å². The van der Waals surface area contributed by atoms with Gasteiger partial charge in [-0.25, -0.2) is 0 Å². The molecule has 2 heteroatoms. The number of aliphatic hydroxyl groups excluding tert-OH is 1. The number of hydrogen-bond donors (Lipinski definition) is 2. The first-order chi connectivity index (χ1) is 6.74. The Balaban J connectivity index is 3.40. The molecule has 0 aliphatic rings. The second kappa shape index (κ2) is 9.47. The van der Waals surface area contributed by atoms with Crippen molar-refractivity contribution in [1.29, 1.82) is 0 Å². The van der Waals surface area contributed by atoms with Gasteiger partial charge in [0.2, 0.25) is 0 Å². The highest BCUT2D eigenvalue weighted by atomic mass is 16.3. The van der Waals surface area contributed by atoms with Gasteiger partial charge in [0.25, 0.3) is 0 Å². The molecule has 0 aromatic carbocycles. The first-order valence-electron chi connectivity index (χ1n) is 6.13. The lowest BCUT2D eigenvalue weighted by molar-refractivity contribution is 0.158. The summed E-state index contributed by atoms with van der Waals surface area (Å²) in [5.74, 6) is 0.786. The van der Waals surface area contributed by atoms with Gasteiger partial charge in [-0.1, -0.05) is 40.0 Å². The van der Waals surface area contributed by atoms with Crippen LogP contribution in [0.3, 0.4) is 0 Å². The molecule has 2 atom stereocenters. The van der Waals surface area contributed by atoms with Crippen LogP contribution in [-0.4, -0.2) is 24.3 Å². The maximum absolute atomic E-state index is 9.50. The van der Waals surface area contributed by atoms with E-state index in [9.17, 15) is 5.11 Å². The van der Waals surface area contributed by atoms with Crippen LogP contribution in [0.2, 0.25) is 0 Å². The topological polar surface area (TPSA) is 32.3 Å². The number of aliphatic hydroxyl groups is 1. The molecule has 0 saturated heterocycles. The quantitative estimate of drug-likeness (QED) is 0.601. The zero-order valence-electron chi connectivity index (χ0n) is 10.1. The fourth-order valence-corrected chi connectivity index (χ4v) is 1.75. The minimum absolute atomic E-state index is 0.154. The van der Waals surface area contributed by atoms with E-state index in [4.69, 9.17) is 0 Å². The standard InChI is InChI=1S/C12H27NO/c1-4-7-11(6-3)9-13-10-12(14)8-5-2/h11-14H,4-10H2,1-3H3. The molecule has 0 rings (SSSR count). The third-order valence-electron chi connectivity index (χ3n) is 2.71. The molecule has 86 valence electrons. The molecule has 0 bridgehead atoms. The lowest BCUT2D eigenvalue weighted by atomic mass is 10.0. The van der Waals surface area contributed by atoms with Crippen molar-refractivity contribution in [3.8, 4) is 0 Å². The normalized spacial score (nSPS) is 15.4. The van der Waals surface area contributed by atoms with Crippen LogP contribution in [0, 0.1) is 5.92 Å². The summed E-state index contributed by atoms with van der Waals surface area (Å²) in [4.78, 5) is 0. The molecule has 0 amide bonds. The van der Waals surface area contributed by atoms with Gasteiger partial charge in [0.15, 0.2) is 0 Å². The number of hydrogen-bond acceptors (Lipinski definition) is 2. The van der Waals surface area contributed by atoms with Crippen molar-refractivity contribution in [1.82, 2.24) is 5.32 Å². The summed E-state index contributed by atoms with van der Waals surface area (Å²) in [6.07, 6.45) is 5.63. The largest absolute Gasteiger partial charge is 0.392 e. The van der Waals surface area contributed by atoms with Gasteiger partial charge in [-0.3, -0.25) is 0 Å². The molecule has 0 fully saturated rings. The molecule has 0 aliphatic heterocycles. The van der Waals surface area contributed by atoms with Crippen molar-refractivity contribution in [2.45, 2.75) is 59.0 Å². The molecule has 14 heavy (non-hydrogen) atoms. The van der Waals surface area contributed by atoms with Crippen LogP contribution in [0.4, 0.5) is 0 Å². The van der Waals surface area contributed by atoms with Crippen molar-refractivity contribution in [3.63, 3.8) is 0 Å². The van der Waals surface area contributed by atoms with E-state index in [0.29, 0.717) is 0 Å². The third-order valence-corrected chi connectivity index (χ3v) is 2.71. The van der Waals surface area contributed by atoms with Crippen LogP contribution in [0.1, 0.15) is 52.9 Å². The summed E-state index contributed by atoms with van der Waals surface area (Å²) in [5, 5.41) is 12.9. The lowest BCUT2D eigenvalue weighted by Gasteiger charge is -2.16. The maximum atomic E-state index is 9.50. The maximum Gasteiger partial charge on any atom is 0.0664 e. The summed E-state index contributed by atoms with van der Waals surface area (Å²) in [7, 11) is 0. The molecular weight excluding hydrogens is 174 g/mol. The van der Waals surface area contributed by atoms with Crippen LogP contribution in [0.25, 0.3) is 0 Å². The Kier molecular flexibility index (Phi) is 9.42. The third kappa shape index (κ3) is 7.34. The van der Waals surface area contributed by atoms with Gasteiger partial charge in [-0.2, -0.15) is 0 Å². The number of nitrogens with one attached hydrogen (secondary N) is 1. The predicted molar refractivity (Wildman–Crippen MR) is 62.5 cm³/mol. The van der Waals surface area contributed by atoms with Gasteiger partial charge in [-0.15, -0.1) is 0 Å². The van der Waals surface area contributed by atoms with Gasteiger partial charge >= 0.3 is 0 Å². The van der Waals surface area contributed by atoms with Crippen molar-refractivity contribution >= 4 is 0 Å². The summed E-state index contributed by atoms with van der Waals surface area (Å²) < 4.78 is 0. The van der Waals surface area contributed by atoms with E-state index in [1.807, 2.05) is 0 Å². The van der Waals surface area contributed by atoms with E-state index in [0.717, 1.165) is 31.8 Å². The fraction of sp³-hybridized carbons (Fsp3) is 1.00. The van der Waals surface area contributed by atoms with Crippen LogP contribution in [0.15, 0.2) is 0 Å². The van der Waals surface area contributed by atoms with Crippen molar-refractivity contribution in [2.75, 3.05) is 13.1 Å². The van der Waals surface area contributed by atoms with E-state index in [1.165, 1.54) is 19.3 Å². The molecule has 0 aromatic rings. The molecule has 2 N–H and O–H groups in total. The molecule has 0 saturated carbocycles. The van der Waals surface area contributed by atoms with Gasteiger partial charge in [0.1, 0.15) is 0 Å². The highest BCUT2D eigenvalue weighted by molar-refractivity contribution is 4.63. The van der Waals surface area contributed by atoms with E-state index in [-0.39, 0.29) is 6.10 Å². The predicted octanol–water partition coefficient (Wildman–Crippen LogP) is 2.56. The molecule has 0 aromatic heterocycles. The van der Waals surface area contributed by atoms with E-state index in [1.54, 1.807) is 0 Å². The Bertz CT molecular complexity index is 117. The second-order valence-corrected chi connectivity index (χ2v) is 4.16. The molecule has 2 nitrogen and oxygen atoms in total. The summed E-state index contributed by atoms with van der Waals surface area (Å²) >= 11 is 0. The Morgan fingerprint density at radius 2 is 1.64 bits per heavy atom. The summed E-state index contributed by atoms with van der Waals surface area (Å²) in [6.45, 7) is 8.40. The molecule has 2 unspecified atom stereocenters. The highest BCUT2D eigenvalue weighted by Gasteiger charge is 2.06. The molecule has 0 radical (unpaired) electrons. The van der Waals surface area contributed by atoms with E-state index in [2.05, 4.69) is 26.1 Å². The average Bonchev–Trinajstić information content (AvgIpc) is 2.17. The summed E-state index contributed by atoms with van der Waals surface area (Å²) in [5.41, 5.74) is 0. The Labute approximate surface area is 89.1 Å². The van der Waals surface area contributed by atoms with Gasteiger partial charge < -0.3 is 10.4 Å². The zero-order chi connectivity index (χ0) is 10.8. The molecule has 0 aliphatic carbocycles. The van der Waals surface area contributed by atoms with Crippen molar-refractivity contribution in [2.24, 2.45) is 5.92 Å². The minimum Gasteiger partial charge on any atom is -0.392 e. The van der Waals surface area contributed by atoms with E-state index < -0.39 is 0 Å².